The number of alkyl halides is 3. The number of nitrogens with zero attached hydrogens (tertiary/aromatic N) is 1. The van der Waals surface area contributed by atoms with Gasteiger partial charge in [0.25, 0.3) is 5.91 Å². The molecule has 1 fully saturated rings. The second-order valence-corrected chi connectivity index (χ2v) is 9.55. The van der Waals surface area contributed by atoms with Crippen molar-refractivity contribution in [3.63, 3.8) is 0 Å². The van der Waals surface area contributed by atoms with Gasteiger partial charge < -0.3 is 10.4 Å². The maximum absolute atomic E-state index is 13.0. The minimum Gasteiger partial charge on any atom is -0.507 e. The van der Waals surface area contributed by atoms with Crippen LogP contribution in [0, 0.1) is 0 Å². The lowest BCUT2D eigenvalue weighted by molar-refractivity contribution is -0.137. The van der Waals surface area contributed by atoms with Crippen LogP contribution in [0.3, 0.4) is 0 Å². The minimum atomic E-state index is -4.55. The molecule has 2 amide bonds. The molecule has 1 aliphatic heterocycles. The third-order valence-electron chi connectivity index (χ3n) is 4.94. The quantitative estimate of drug-likeness (QED) is 0.234. The first kappa shape index (κ1) is 26.1. The summed E-state index contributed by atoms with van der Waals surface area (Å²) in [7, 11) is 0. The molecule has 0 atom stereocenters. The number of thioether (sulfide) groups is 1. The van der Waals surface area contributed by atoms with Crippen molar-refractivity contribution in [2.45, 2.75) is 31.9 Å². The van der Waals surface area contributed by atoms with Crippen LogP contribution in [0.4, 0.5) is 18.9 Å². The van der Waals surface area contributed by atoms with Crippen LogP contribution in [0.15, 0.2) is 47.4 Å². The standard InChI is InChI=1S/C23H20ClF3N2O3S2/c24-15-9-10-18(30)14(12-15)13-19-21(32)29(22(33)34-19)11-5-1-2-8-20(31)28-17-7-4-3-6-16(17)23(25,26)27/h3-4,6-7,9-10,12-13,30H,1-2,5,8,11H2,(H,28,31)/b19-13-. The molecule has 0 aromatic heterocycles. The molecule has 1 aliphatic rings. The van der Waals surface area contributed by atoms with Crippen molar-refractivity contribution < 1.29 is 27.9 Å². The number of phenolic OH excluding ortho intramolecular Hbond substituents is 1. The van der Waals surface area contributed by atoms with Crippen LogP contribution in [-0.4, -0.2) is 32.7 Å². The number of nitrogens with one attached hydrogen (secondary N) is 1. The molecule has 1 heterocycles. The van der Waals surface area contributed by atoms with Crippen LogP contribution in [-0.2, 0) is 15.8 Å². The summed E-state index contributed by atoms with van der Waals surface area (Å²) in [6, 6.07) is 9.34. The number of halogens is 4. The zero-order valence-electron chi connectivity index (χ0n) is 17.7. The van der Waals surface area contributed by atoms with Gasteiger partial charge in [0.05, 0.1) is 16.2 Å². The van der Waals surface area contributed by atoms with Gasteiger partial charge in [-0.3, -0.25) is 14.5 Å². The molecule has 2 N–H and O–H groups in total. The maximum Gasteiger partial charge on any atom is 0.418 e. The van der Waals surface area contributed by atoms with Crippen molar-refractivity contribution in [2.24, 2.45) is 0 Å². The summed E-state index contributed by atoms with van der Waals surface area (Å²) in [5, 5.41) is 12.7. The average molecular weight is 529 g/mol. The molecule has 0 radical (unpaired) electrons. The van der Waals surface area contributed by atoms with Gasteiger partial charge >= 0.3 is 6.18 Å². The molecule has 0 aliphatic carbocycles. The Labute approximate surface area is 209 Å². The number of thiocarbonyl (C=S) groups is 1. The van der Waals surface area contributed by atoms with Gasteiger partial charge in [0, 0.05) is 23.6 Å². The van der Waals surface area contributed by atoms with Gasteiger partial charge in [0.2, 0.25) is 5.91 Å². The number of phenols is 1. The Bertz CT molecular complexity index is 1140. The van der Waals surface area contributed by atoms with Crippen molar-refractivity contribution in [1.29, 1.82) is 0 Å². The molecule has 11 heteroatoms. The molecule has 34 heavy (non-hydrogen) atoms. The highest BCUT2D eigenvalue weighted by molar-refractivity contribution is 8.26. The van der Waals surface area contributed by atoms with E-state index in [1.54, 1.807) is 6.07 Å². The molecule has 0 unspecified atom stereocenters. The first-order valence-electron chi connectivity index (χ1n) is 10.3. The summed E-state index contributed by atoms with van der Waals surface area (Å²) in [4.78, 5) is 26.6. The highest BCUT2D eigenvalue weighted by Gasteiger charge is 2.34. The molecule has 180 valence electrons. The highest BCUT2D eigenvalue weighted by atomic mass is 35.5. The van der Waals surface area contributed by atoms with E-state index in [1.165, 1.54) is 41.3 Å². The number of unbranched alkanes of at least 4 members (excludes halogenated alkanes) is 2. The molecule has 0 bridgehead atoms. The Hall–Kier alpha value is -2.56. The second kappa shape index (κ2) is 11.2. The van der Waals surface area contributed by atoms with E-state index in [-0.39, 0.29) is 23.8 Å². The van der Waals surface area contributed by atoms with Gasteiger partial charge in [0.1, 0.15) is 10.1 Å². The van der Waals surface area contributed by atoms with Gasteiger partial charge in [-0.15, -0.1) is 0 Å². The summed E-state index contributed by atoms with van der Waals surface area (Å²) in [6.45, 7) is 0.349. The molecular weight excluding hydrogens is 509 g/mol. The predicted molar refractivity (Wildman–Crippen MR) is 132 cm³/mol. The van der Waals surface area contributed by atoms with Crippen LogP contribution < -0.4 is 5.32 Å². The smallest absolute Gasteiger partial charge is 0.418 e. The number of hydrogen-bond acceptors (Lipinski definition) is 5. The van der Waals surface area contributed by atoms with Gasteiger partial charge in [-0.1, -0.05) is 54.1 Å². The van der Waals surface area contributed by atoms with Crippen LogP contribution in [0.1, 0.15) is 36.8 Å². The fourth-order valence-corrected chi connectivity index (χ4v) is 4.74. The fourth-order valence-electron chi connectivity index (χ4n) is 3.26. The number of rotatable bonds is 8. The third kappa shape index (κ3) is 6.74. The lowest BCUT2D eigenvalue weighted by Gasteiger charge is -2.14. The van der Waals surface area contributed by atoms with Gasteiger partial charge in [-0.2, -0.15) is 13.2 Å². The van der Waals surface area contributed by atoms with Crippen molar-refractivity contribution in [1.82, 2.24) is 4.90 Å². The lowest BCUT2D eigenvalue weighted by atomic mass is 10.1. The molecular formula is C23H20ClF3N2O3S2. The summed E-state index contributed by atoms with van der Waals surface area (Å²) in [5.74, 6) is -0.798. The summed E-state index contributed by atoms with van der Waals surface area (Å²) in [5.41, 5.74) is -0.752. The molecule has 0 saturated carbocycles. The predicted octanol–water partition coefficient (Wildman–Crippen LogP) is 6.46. The van der Waals surface area contributed by atoms with Crippen molar-refractivity contribution in [2.75, 3.05) is 11.9 Å². The Morgan fingerprint density at radius 2 is 1.91 bits per heavy atom. The second-order valence-electron chi connectivity index (χ2n) is 7.44. The van der Waals surface area contributed by atoms with Crippen molar-refractivity contribution >= 4 is 63.5 Å². The number of para-hydroxylation sites is 1. The summed E-state index contributed by atoms with van der Waals surface area (Å²) < 4.78 is 39.5. The first-order valence-corrected chi connectivity index (χ1v) is 11.9. The van der Waals surface area contributed by atoms with E-state index >= 15 is 0 Å². The fraction of sp³-hybridized carbons (Fsp3) is 0.261. The Morgan fingerprint density at radius 1 is 1.18 bits per heavy atom. The summed E-state index contributed by atoms with van der Waals surface area (Å²) in [6.07, 6.45) is -1.38. The van der Waals surface area contributed by atoms with Crippen LogP contribution in [0.2, 0.25) is 5.02 Å². The third-order valence-corrected chi connectivity index (χ3v) is 6.55. The van der Waals surface area contributed by atoms with E-state index in [1.807, 2.05) is 0 Å². The number of carbonyl (C=O) groups excluding carboxylic acids is 2. The Balaban J connectivity index is 1.47. The van der Waals surface area contributed by atoms with E-state index in [0.717, 1.165) is 17.8 Å². The van der Waals surface area contributed by atoms with Crippen LogP contribution >= 0.6 is 35.6 Å². The number of benzene rings is 2. The van der Waals surface area contributed by atoms with Gasteiger partial charge in [-0.05, 0) is 49.2 Å². The number of aromatic hydroxyl groups is 1. The molecule has 0 spiro atoms. The Morgan fingerprint density at radius 3 is 2.65 bits per heavy atom. The van der Waals surface area contributed by atoms with Crippen LogP contribution in [0.25, 0.3) is 6.08 Å². The van der Waals surface area contributed by atoms with Gasteiger partial charge in [0.15, 0.2) is 0 Å². The first-order chi connectivity index (χ1) is 16.1. The van der Waals surface area contributed by atoms with E-state index in [9.17, 15) is 27.9 Å². The minimum absolute atomic E-state index is 0.00852. The monoisotopic (exact) mass is 528 g/mol. The normalized spacial score (nSPS) is 15.3. The molecule has 1 saturated heterocycles. The van der Waals surface area contributed by atoms with Crippen molar-refractivity contribution in [3.8, 4) is 5.75 Å². The molecule has 3 rings (SSSR count). The number of amides is 2. The molecule has 5 nitrogen and oxygen atoms in total. The molecule has 2 aromatic rings. The lowest BCUT2D eigenvalue weighted by Crippen LogP contribution is -2.29. The molecule has 2 aromatic carbocycles. The van der Waals surface area contributed by atoms with E-state index in [2.05, 4.69) is 5.32 Å². The van der Waals surface area contributed by atoms with Gasteiger partial charge in [-0.25, -0.2) is 0 Å². The number of hydrogen-bond donors (Lipinski definition) is 2. The number of anilines is 1. The van der Waals surface area contributed by atoms with E-state index in [0.29, 0.717) is 45.6 Å². The SMILES string of the molecule is O=C(CCCCCN1C(=O)/C(=C/c2cc(Cl)ccc2O)SC1=S)Nc1ccccc1C(F)(F)F. The van der Waals surface area contributed by atoms with Crippen LogP contribution in [0.5, 0.6) is 5.75 Å². The Kier molecular flexibility index (Phi) is 8.62. The van der Waals surface area contributed by atoms with Crippen molar-refractivity contribution in [3.05, 3.63) is 63.5 Å². The highest BCUT2D eigenvalue weighted by Crippen LogP contribution is 2.36. The average Bonchev–Trinajstić information content (AvgIpc) is 3.03. The zero-order valence-corrected chi connectivity index (χ0v) is 20.1. The summed E-state index contributed by atoms with van der Waals surface area (Å²) >= 11 is 12.4. The zero-order chi connectivity index (χ0) is 24.9. The topological polar surface area (TPSA) is 69.6 Å². The van der Waals surface area contributed by atoms with E-state index < -0.39 is 17.6 Å². The maximum atomic E-state index is 13.0. The number of carbonyl (C=O) groups is 2. The van der Waals surface area contributed by atoms with E-state index in [4.69, 9.17) is 23.8 Å². The largest absolute Gasteiger partial charge is 0.507 e.